The van der Waals surface area contributed by atoms with E-state index < -0.39 is 0 Å². The molecule has 0 saturated carbocycles. The van der Waals surface area contributed by atoms with E-state index in [0.29, 0.717) is 6.61 Å². The third kappa shape index (κ3) is 11.7. The minimum atomic E-state index is -0.233. The zero-order chi connectivity index (χ0) is 9.78. The van der Waals surface area contributed by atoms with Crippen LogP contribution in [0.2, 0.25) is 0 Å². The van der Waals surface area contributed by atoms with Gasteiger partial charge in [0.2, 0.25) is 6.79 Å². The van der Waals surface area contributed by atoms with Crippen LogP contribution in [-0.2, 0) is 34.5 Å². The van der Waals surface area contributed by atoms with E-state index in [1.807, 2.05) is 0 Å². The van der Waals surface area contributed by atoms with Crippen LogP contribution in [-0.4, -0.2) is 26.6 Å². The van der Waals surface area contributed by atoms with Crippen molar-refractivity contribution in [2.45, 2.75) is 6.92 Å². The van der Waals surface area contributed by atoms with Crippen molar-refractivity contribution < 1.29 is 34.5 Å². The molecule has 8 nitrogen and oxygen atoms in total. The highest BCUT2D eigenvalue weighted by Gasteiger charge is 1.91. The second-order valence-electron chi connectivity index (χ2n) is 1.57. The van der Waals surface area contributed by atoms with Crippen LogP contribution < -0.4 is 5.90 Å². The van der Waals surface area contributed by atoms with Gasteiger partial charge in [-0.25, -0.2) is 19.6 Å². The van der Waals surface area contributed by atoms with E-state index in [1.165, 1.54) is 0 Å². The Hall–Kier alpha value is -0.320. The summed E-state index contributed by atoms with van der Waals surface area (Å²) in [6, 6.07) is 0. The van der Waals surface area contributed by atoms with Gasteiger partial charge in [0, 0.05) is 0 Å². The van der Waals surface area contributed by atoms with Gasteiger partial charge in [-0.3, -0.25) is 0 Å². The summed E-state index contributed by atoms with van der Waals surface area (Å²) in [5, 5.41) is 4.20. The molecular formula is C5H13NO7. The van der Waals surface area contributed by atoms with Crippen molar-refractivity contribution in [3.63, 3.8) is 0 Å². The van der Waals surface area contributed by atoms with Crippen molar-refractivity contribution in [3.05, 3.63) is 0 Å². The van der Waals surface area contributed by atoms with E-state index >= 15 is 0 Å². The second kappa shape index (κ2) is 11.7. The lowest BCUT2D eigenvalue weighted by Gasteiger charge is -2.02. The van der Waals surface area contributed by atoms with E-state index in [9.17, 15) is 0 Å². The summed E-state index contributed by atoms with van der Waals surface area (Å²) < 4.78 is 0. The van der Waals surface area contributed by atoms with Gasteiger partial charge in [-0.15, -0.1) is 4.99 Å². The first-order chi connectivity index (χ1) is 6.41. The smallest absolute Gasteiger partial charge is 0.216 e. The molecule has 0 aromatic heterocycles. The van der Waals surface area contributed by atoms with Gasteiger partial charge >= 0.3 is 0 Å². The molecule has 0 aromatic carbocycles. The summed E-state index contributed by atoms with van der Waals surface area (Å²) in [5.41, 5.74) is 0. The molecule has 0 atom stereocenters. The maximum Gasteiger partial charge on any atom is 0.216 e. The van der Waals surface area contributed by atoms with Gasteiger partial charge in [-0.2, -0.15) is 10.8 Å². The van der Waals surface area contributed by atoms with Crippen molar-refractivity contribution in [2.75, 3.05) is 26.6 Å². The summed E-state index contributed by atoms with van der Waals surface area (Å²) in [4.78, 5) is 25.6. The molecule has 0 radical (unpaired) electrons. The Morgan fingerprint density at radius 1 is 0.923 bits per heavy atom. The minimum absolute atomic E-state index is 0.154. The Morgan fingerprint density at radius 2 is 1.69 bits per heavy atom. The largest absolute Gasteiger partial charge is 0.232 e. The fraction of sp³-hybridized carbons (Fsp3) is 1.00. The van der Waals surface area contributed by atoms with E-state index in [2.05, 4.69) is 40.4 Å². The topological polar surface area (TPSA) is 90.6 Å². The van der Waals surface area contributed by atoms with Gasteiger partial charge in [0.15, 0.2) is 0 Å². The average Bonchev–Trinajstić information content (AvgIpc) is 2.16. The number of rotatable bonds is 10. The van der Waals surface area contributed by atoms with Gasteiger partial charge in [-0.1, -0.05) is 5.04 Å². The first-order valence-electron chi connectivity index (χ1n) is 3.55. The maximum atomic E-state index is 4.51. The third-order valence-corrected chi connectivity index (χ3v) is 0.712. The molecule has 0 aromatic rings. The van der Waals surface area contributed by atoms with Gasteiger partial charge in [0.05, 0.1) is 6.61 Å². The standard InChI is InChI=1S/C5H13NO7/c1-2-7-13-9-4-3-8-10-5-11-12-6/h2-6H2,1H3. The highest BCUT2D eigenvalue weighted by atomic mass is 17.5. The molecule has 0 fully saturated rings. The molecule has 80 valence electrons. The molecule has 0 aliphatic rings. The Morgan fingerprint density at radius 3 is 2.38 bits per heavy atom. The zero-order valence-electron chi connectivity index (χ0n) is 7.26. The van der Waals surface area contributed by atoms with Gasteiger partial charge in [-0.05, 0) is 6.92 Å². The first-order valence-corrected chi connectivity index (χ1v) is 3.55. The zero-order valence-corrected chi connectivity index (χ0v) is 7.26. The molecule has 0 saturated heterocycles. The van der Waals surface area contributed by atoms with Crippen LogP contribution >= 0.6 is 0 Å². The molecule has 0 amide bonds. The summed E-state index contributed by atoms with van der Waals surface area (Å²) in [7, 11) is 0. The SMILES string of the molecule is CCOOOCCOOCOON. The minimum Gasteiger partial charge on any atom is -0.232 e. The summed E-state index contributed by atoms with van der Waals surface area (Å²) in [6.45, 7) is 2.24. The van der Waals surface area contributed by atoms with Gasteiger partial charge in [0.25, 0.3) is 0 Å². The maximum absolute atomic E-state index is 4.51. The lowest BCUT2D eigenvalue weighted by Crippen LogP contribution is -2.09. The quantitative estimate of drug-likeness (QED) is 0.220. The lowest BCUT2D eigenvalue weighted by molar-refractivity contribution is -0.516. The van der Waals surface area contributed by atoms with Crippen LogP contribution in [0.4, 0.5) is 0 Å². The lowest BCUT2D eigenvalue weighted by atomic mass is 10.8. The molecule has 0 aliphatic heterocycles. The molecule has 8 heteroatoms. The van der Waals surface area contributed by atoms with Crippen LogP contribution in [0, 0.1) is 0 Å². The summed E-state index contributed by atoms with van der Waals surface area (Å²) in [6.07, 6.45) is 0. The molecule has 0 aliphatic carbocycles. The van der Waals surface area contributed by atoms with Crippen molar-refractivity contribution in [1.82, 2.24) is 0 Å². The van der Waals surface area contributed by atoms with E-state index in [4.69, 9.17) is 0 Å². The van der Waals surface area contributed by atoms with Crippen LogP contribution in [0.1, 0.15) is 6.92 Å². The number of hydrogen-bond donors (Lipinski definition) is 1. The molecule has 0 heterocycles. The molecule has 0 unspecified atom stereocenters. The normalized spacial score (nSPS) is 10.6. The monoisotopic (exact) mass is 199 g/mol. The van der Waals surface area contributed by atoms with Gasteiger partial charge in [0.1, 0.15) is 13.2 Å². The fourth-order valence-electron chi connectivity index (χ4n) is 0.325. The number of nitrogens with two attached hydrogens (primary N) is 1. The molecule has 0 rings (SSSR count). The predicted molar refractivity (Wildman–Crippen MR) is 36.9 cm³/mol. The Bertz CT molecular complexity index is 83.0. The molecule has 0 spiro atoms. The summed E-state index contributed by atoms with van der Waals surface area (Å²) in [5.74, 6) is 4.51. The van der Waals surface area contributed by atoms with Crippen LogP contribution in [0.25, 0.3) is 0 Å². The van der Waals surface area contributed by atoms with Crippen molar-refractivity contribution >= 4 is 0 Å². The fourth-order valence-corrected chi connectivity index (χ4v) is 0.325. The Kier molecular flexibility index (Phi) is 11.4. The highest BCUT2D eigenvalue weighted by Crippen LogP contribution is 1.84. The molecular weight excluding hydrogens is 186 g/mol. The van der Waals surface area contributed by atoms with Crippen molar-refractivity contribution in [2.24, 2.45) is 5.90 Å². The van der Waals surface area contributed by atoms with Crippen molar-refractivity contribution in [3.8, 4) is 0 Å². The average molecular weight is 199 g/mol. The highest BCUT2D eigenvalue weighted by molar-refractivity contribution is 4.14. The number of hydrogen-bond acceptors (Lipinski definition) is 8. The van der Waals surface area contributed by atoms with E-state index in [1.54, 1.807) is 6.92 Å². The third-order valence-electron chi connectivity index (χ3n) is 0.712. The summed E-state index contributed by atoms with van der Waals surface area (Å²) >= 11 is 0. The first kappa shape index (κ1) is 12.7. The molecule has 0 bridgehead atoms. The Balaban J connectivity index is 2.76. The van der Waals surface area contributed by atoms with Crippen LogP contribution in [0.5, 0.6) is 0 Å². The van der Waals surface area contributed by atoms with Gasteiger partial charge < -0.3 is 0 Å². The van der Waals surface area contributed by atoms with E-state index in [0.717, 1.165) is 0 Å². The molecule has 2 N–H and O–H groups in total. The Labute approximate surface area is 75.0 Å². The van der Waals surface area contributed by atoms with Crippen LogP contribution in [0.3, 0.4) is 0 Å². The second-order valence-corrected chi connectivity index (χ2v) is 1.57. The van der Waals surface area contributed by atoms with E-state index in [-0.39, 0.29) is 20.0 Å². The predicted octanol–water partition coefficient (Wildman–Crippen LogP) is -0.386. The van der Waals surface area contributed by atoms with Crippen molar-refractivity contribution in [1.29, 1.82) is 0 Å². The molecule has 13 heavy (non-hydrogen) atoms. The van der Waals surface area contributed by atoms with Crippen LogP contribution in [0.15, 0.2) is 0 Å².